The van der Waals surface area contributed by atoms with E-state index in [9.17, 15) is 0 Å². The van der Waals surface area contributed by atoms with E-state index in [-0.39, 0.29) is 0 Å². The number of rotatable bonds is 1. The maximum atomic E-state index is 3.30. The van der Waals surface area contributed by atoms with Gasteiger partial charge in [0.15, 0.2) is 0 Å². The van der Waals surface area contributed by atoms with Crippen molar-refractivity contribution in [3.63, 3.8) is 0 Å². The monoisotopic (exact) mass is 161 g/mol. The van der Waals surface area contributed by atoms with Crippen molar-refractivity contribution in [2.75, 3.05) is 6.54 Å². The molecule has 1 aliphatic carbocycles. The van der Waals surface area contributed by atoms with Crippen LogP contribution in [0.1, 0.15) is 25.7 Å². The van der Waals surface area contributed by atoms with Crippen LogP contribution >= 0.6 is 0 Å². The second kappa shape index (κ2) is 3.61. The maximum Gasteiger partial charge on any atom is 0.0144 e. The highest BCUT2D eigenvalue weighted by molar-refractivity contribution is 5.41. The Labute approximate surface area is 73.9 Å². The summed E-state index contributed by atoms with van der Waals surface area (Å²) < 4.78 is 0. The van der Waals surface area contributed by atoms with Crippen LogP contribution in [0, 0.1) is 0 Å². The molecule has 0 aromatic heterocycles. The molecule has 12 heavy (non-hydrogen) atoms. The number of hydrogen-bond donors (Lipinski definition) is 1. The Hall–Kier alpha value is -0.980. The minimum Gasteiger partial charge on any atom is -0.391 e. The zero-order valence-corrected chi connectivity index (χ0v) is 7.34. The van der Waals surface area contributed by atoms with Crippen LogP contribution < -0.4 is 5.32 Å². The van der Waals surface area contributed by atoms with Crippen molar-refractivity contribution in [2.45, 2.75) is 25.7 Å². The first-order valence-corrected chi connectivity index (χ1v) is 4.76. The molecule has 0 spiro atoms. The van der Waals surface area contributed by atoms with Crippen LogP contribution in [0.2, 0.25) is 0 Å². The van der Waals surface area contributed by atoms with E-state index >= 15 is 0 Å². The molecule has 0 bridgehead atoms. The molecule has 0 aromatic rings. The van der Waals surface area contributed by atoms with Crippen LogP contribution in [-0.4, -0.2) is 6.54 Å². The Kier molecular flexibility index (Phi) is 2.31. The van der Waals surface area contributed by atoms with E-state index in [0.717, 1.165) is 6.54 Å². The van der Waals surface area contributed by atoms with E-state index in [4.69, 9.17) is 0 Å². The molecule has 0 radical (unpaired) electrons. The van der Waals surface area contributed by atoms with Gasteiger partial charge in [0.1, 0.15) is 0 Å². The Bertz CT molecular complexity index is 246. The lowest BCUT2D eigenvalue weighted by atomic mass is 9.95. The molecule has 1 heterocycles. The number of allylic oxidation sites excluding steroid dienone is 5. The van der Waals surface area contributed by atoms with Crippen molar-refractivity contribution in [1.29, 1.82) is 0 Å². The summed E-state index contributed by atoms with van der Waals surface area (Å²) in [6, 6.07) is 0. The minimum absolute atomic E-state index is 1.14. The summed E-state index contributed by atoms with van der Waals surface area (Å²) in [6.45, 7) is 1.14. The molecule has 1 aliphatic heterocycles. The van der Waals surface area contributed by atoms with Gasteiger partial charge in [0.05, 0.1) is 0 Å². The van der Waals surface area contributed by atoms with Gasteiger partial charge in [-0.2, -0.15) is 0 Å². The molecule has 0 saturated heterocycles. The number of nitrogens with one attached hydrogen (secondary N) is 1. The van der Waals surface area contributed by atoms with Crippen LogP contribution in [0.4, 0.5) is 0 Å². The van der Waals surface area contributed by atoms with Crippen LogP contribution in [-0.2, 0) is 0 Å². The molecule has 1 nitrogen and oxygen atoms in total. The normalized spacial score (nSPS) is 22.7. The molecule has 0 atom stereocenters. The fourth-order valence-electron chi connectivity index (χ4n) is 1.73. The van der Waals surface area contributed by atoms with Crippen molar-refractivity contribution in [2.24, 2.45) is 0 Å². The average Bonchev–Trinajstić information content (AvgIpc) is 2.21. The molecule has 2 rings (SSSR count). The lowest BCUT2D eigenvalue weighted by molar-refractivity contribution is 0.704. The SMILES string of the molecule is C1=CC(C2=CNCCC2)=CCC1. The molecule has 0 amide bonds. The Morgan fingerprint density at radius 3 is 2.92 bits per heavy atom. The number of hydrogen-bond acceptors (Lipinski definition) is 1. The van der Waals surface area contributed by atoms with Gasteiger partial charge in [-0.15, -0.1) is 0 Å². The largest absolute Gasteiger partial charge is 0.391 e. The third-order valence-electron chi connectivity index (χ3n) is 2.41. The quantitative estimate of drug-likeness (QED) is 0.623. The molecule has 0 aromatic carbocycles. The summed E-state index contributed by atoms with van der Waals surface area (Å²) in [4.78, 5) is 0. The zero-order valence-electron chi connectivity index (χ0n) is 7.34. The summed E-state index contributed by atoms with van der Waals surface area (Å²) in [7, 11) is 0. The van der Waals surface area contributed by atoms with E-state index in [0.29, 0.717) is 0 Å². The highest BCUT2D eigenvalue weighted by Gasteiger charge is 2.07. The lowest BCUT2D eigenvalue weighted by Gasteiger charge is -2.16. The van der Waals surface area contributed by atoms with Gasteiger partial charge in [-0.1, -0.05) is 18.2 Å². The van der Waals surface area contributed by atoms with Crippen molar-refractivity contribution in [1.82, 2.24) is 5.32 Å². The van der Waals surface area contributed by atoms with E-state index in [2.05, 4.69) is 29.7 Å². The summed E-state index contributed by atoms with van der Waals surface area (Å²) in [5.74, 6) is 0. The van der Waals surface area contributed by atoms with Gasteiger partial charge in [-0.3, -0.25) is 0 Å². The van der Waals surface area contributed by atoms with Gasteiger partial charge in [-0.25, -0.2) is 0 Å². The van der Waals surface area contributed by atoms with E-state index in [1.807, 2.05) is 0 Å². The molecule has 0 fully saturated rings. The van der Waals surface area contributed by atoms with Crippen LogP contribution in [0.3, 0.4) is 0 Å². The smallest absolute Gasteiger partial charge is 0.0144 e. The van der Waals surface area contributed by atoms with Crippen LogP contribution in [0.15, 0.2) is 35.6 Å². The van der Waals surface area contributed by atoms with Crippen molar-refractivity contribution in [3.8, 4) is 0 Å². The maximum absolute atomic E-state index is 3.30. The predicted octanol–water partition coefficient (Wildman–Crippen LogP) is 2.53. The second-order valence-corrected chi connectivity index (χ2v) is 3.37. The zero-order chi connectivity index (χ0) is 8.23. The average molecular weight is 161 g/mol. The fourth-order valence-corrected chi connectivity index (χ4v) is 1.73. The molecule has 64 valence electrons. The highest BCUT2D eigenvalue weighted by atomic mass is 14.8. The first-order valence-electron chi connectivity index (χ1n) is 4.76. The Morgan fingerprint density at radius 1 is 1.25 bits per heavy atom. The van der Waals surface area contributed by atoms with Crippen LogP contribution in [0.25, 0.3) is 0 Å². The summed E-state index contributed by atoms with van der Waals surface area (Å²) in [5, 5.41) is 3.30. The topological polar surface area (TPSA) is 12.0 Å². The lowest BCUT2D eigenvalue weighted by Crippen LogP contribution is -2.14. The van der Waals surface area contributed by atoms with Gasteiger partial charge in [0.25, 0.3) is 0 Å². The molecule has 1 heteroatoms. The van der Waals surface area contributed by atoms with Gasteiger partial charge in [0, 0.05) is 12.7 Å². The standard InChI is InChI=1S/C11H15N/c1-2-5-10(6-3-1)11-7-4-8-12-9-11/h2,5-6,9,12H,1,3-4,7-8H2. The molecule has 0 saturated carbocycles. The van der Waals surface area contributed by atoms with E-state index < -0.39 is 0 Å². The van der Waals surface area contributed by atoms with Gasteiger partial charge in [0.2, 0.25) is 0 Å². The molecule has 2 aliphatic rings. The van der Waals surface area contributed by atoms with Gasteiger partial charge < -0.3 is 5.32 Å². The highest BCUT2D eigenvalue weighted by Crippen LogP contribution is 2.22. The summed E-state index contributed by atoms with van der Waals surface area (Å²) in [5.41, 5.74) is 2.92. The minimum atomic E-state index is 1.14. The first-order chi connectivity index (χ1) is 5.97. The molecular weight excluding hydrogens is 146 g/mol. The molecular formula is C11H15N. The fraction of sp³-hybridized carbons (Fsp3) is 0.455. The first kappa shape index (κ1) is 7.66. The molecule has 0 unspecified atom stereocenters. The Balaban J connectivity index is 2.12. The predicted molar refractivity (Wildman–Crippen MR) is 51.8 cm³/mol. The summed E-state index contributed by atoms with van der Waals surface area (Å²) in [6.07, 6.45) is 14.0. The van der Waals surface area contributed by atoms with Crippen molar-refractivity contribution in [3.05, 3.63) is 35.6 Å². The van der Waals surface area contributed by atoms with Crippen LogP contribution in [0.5, 0.6) is 0 Å². The van der Waals surface area contributed by atoms with Crippen molar-refractivity contribution < 1.29 is 0 Å². The third-order valence-corrected chi connectivity index (χ3v) is 2.41. The Morgan fingerprint density at radius 2 is 2.25 bits per heavy atom. The van der Waals surface area contributed by atoms with E-state index in [1.54, 1.807) is 0 Å². The van der Waals surface area contributed by atoms with E-state index in [1.165, 1.54) is 36.8 Å². The summed E-state index contributed by atoms with van der Waals surface area (Å²) >= 11 is 0. The van der Waals surface area contributed by atoms with Crippen molar-refractivity contribution >= 4 is 0 Å². The molecule has 1 N–H and O–H groups in total. The van der Waals surface area contributed by atoms with Gasteiger partial charge in [-0.05, 0) is 36.8 Å². The second-order valence-electron chi connectivity index (χ2n) is 3.37. The third kappa shape index (κ3) is 1.60. The van der Waals surface area contributed by atoms with Gasteiger partial charge >= 0.3 is 0 Å².